The molecule has 1 unspecified atom stereocenters. The molecule has 1 saturated heterocycles. The summed E-state index contributed by atoms with van der Waals surface area (Å²) in [6.07, 6.45) is 1.68. The van der Waals surface area contributed by atoms with Gasteiger partial charge in [-0.1, -0.05) is 22.9 Å². The molecule has 0 bridgehead atoms. The van der Waals surface area contributed by atoms with Crippen LogP contribution in [-0.2, 0) is 4.79 Å². The maximum atomic E-state index is 13.4. The lowest BCUT2D eigenvalue weighted by molar-refractivity contribution is -0.152. The Balaban J connectivity index is 2.25. The summed E-state index contributed by atoms with van der Waals surface area (Å²) in [7, 11) is 0. The SMILES string of the molecule is CCC1(C(=O)O)CCCN(C(=O)c2cc(F)cc(Br)c2)C1. The van der Waals surface area contributed by atoms with E-state index in [9.17, 15) is 19.1 Å². The van der Waals surface area contributed by atoms with Crippen molar-refractivity contribution in [3.05, 3.63) is 34.1 Å². The van der Waals surface area contributed by atoms with Crippen LogP contribution in [0.5, 0.6) is 0 Å². The average molecular weight is 358 g/mol. The lowest BCUT2D eigenvalue weighted by atomic mass is 9.77. The number of carbonyl (C=O) groups is 2. The molecule has 0 aromatic heterocycles. The number of piperidine rings is 1. The summed E-state index contributed by atoms with van der Waals surface area (Å²) in [6, 6.07) is 4.01. The van der Waals surface area contributed by atoms with Gasteiger partial charge in [0.25, 0.3) is 5.91 Å². The van der Waals surface area contributed by atoms with Crippen LogP contribution in [0.4, 0.5) is 4.39 Å². The highest BCUT2D eigenvalue weighted by molar-refractivity contribution is 9.10. The zero-order valence-corrected chi connectivity index (χ0v) is 13.3. The molecule has 0 spiro atoms. The quantitative estimate of drug-likeness (QED) is 0.902. The first-order valence-electron chi connectivity index (χ1n) is 6.87. The molecule has 0 radical (unpaired) electrons. The number of aliphatic carboxylic acids is 1. The molecule has 6 heteroatoms. The fourth-order valence-electron chi connectivity index (χ4n) is 2.78. The molecule has 0 saturated carbocycles. The van der Waals surface area contributed by atoms with Crippen molar-refractivity contribution in [2.75, 3.05) is 13.1 Å². The number of amides is 1. The Labute approximate surface area is 131 Å². The van der Waals surface area contributed by atoms with Crippen LogP contribution in [0.3, 0.4) is 0 Å². The second kappa shape index (κ2) is 6.13. The number of rotatable bonds is 3. The van der Waals surface area contributed by atoms with E-state index in [-0.39, 0.29) is 18.0 Å². The minimum atomic E-state index is -0.890. The molecule has 1 atom stereocenters. The number of carbonyl (C=O) groups excluding carboxylic acids is 1. The highest BCUT2D eigenvalue weighted by Gasteiger charge is 2.42. The zero-order chi connectivity index (χ0) is 15.6. The van der Waals surface area contributed by atoms with Crippen LogP contribution in [0.1, 0.15) is 36.5 Å². The Morgan fingerprint density at radius 2 is 2.14 bits per heavy atom. The summed E-state index contributed by atoms with van der Waals surface area (Å²) < 4.78 is 13.9. The van der Waals surface area contributed by atoms with E-state index in [2.05, 4.69) is 15.9 Å². The first-order valence-corrected chi connectivity index (χ1v) is 7.66. The van der Waals surface area contributed by atoms with Crippen LogP contribution in [0.2, 0.25) is 0 Å². The van der Waals surface area contributed by atoms with Gasteiger partial charge in [-0.05, 0) is 37.5 Å². The van der Waals surface area contributed by atoms with Crippen LogP contribution < -0.4 is 0 Å². The Kier molecular flexibility index (Phi) is 4.66. The first-order chi connectivity index (χ1) is 9.88. The van der Waals surface area contributed by atoms with E-state index in [0.717, 1.165) is 0 Å². The molecule has 1 amide bonds. The molecule has 2 rings (SSSR count). The molecule has 1 fully saturated rings. The van der Waals surface area contributed by atoms with Crippen molar-refractivity contribution in [2.45, 2.75) is 26.2 Å². The van der Waals surface area contributed by atoms with E-state index in [1.807, 2.05) is 6.92 Å². The number of benzene rings is 1. The number of carboxylic acid groups (broad SMARTS) is 1. The molecule has 114 valence electrons. The largest absolute Gasteiger partial charge is 0.481 e. The van der Waals surface area contributed by atoms with Gasteiger partial charge in [0.2, 0.25) is 0 Å². The standard InChI is InChI=1S/C15H17BrFNO3/c1-2-15(14(20)21)4-3-5-18(9-15)13(19)10-6-11(16)8-12(17)7-10/h6-8H,2-5,9H2,1H3,(H,20,21). The summed E-state index contributed by atoms with van der Waals surface area (Å²) in [6.45, 7) is 2.49. The monoisotopic (exact) mass is 357 g/mol. The van der Waals surface area contributed by atoms with Gasteiger partial charge in [0.1, 0.15) is 5.82 Å². The third kappa shape index (κ3) is 3.26. The number of hydrogen-bond acceptors (Lipinski definition) is 2. The van der Waals surface area contributed by atoms with Crippen molar-refractivity contribution in [3.8, 4) is 0 Å². The van der Waals surface area contributed by atoms with Crippen LogP contribution in [0.15, 0.2) is 22.7 Å². The second-order valence-electron chi connectivity index (χ2n) is 5.43. The van der Waals surface area contributed by atoms with Gasteiger partial charge in [0.05, 0.1) is 5.41 Å². The van der Waals surface area contributed by atoms with Gasteiger partial charge in [-0.15, -0.1) is 0 Å². The van der Waals surface area contributed by atoms with Crippen LogP contribution >= 0.6 is 15.9 Å². The molecule has 4 nitrogen and oxygen atoms in total. The maximum Gasteiger partial charge on any atom is 0.311 e. The molecule has 1 aromatic carbocycles. The lowest BCUT2D eigenvalue weighted by Crippen LogP contribution is -2.49. The number of hydrogen-bond donors (Lipinski definition) is 1. The van der Waals surface area contributed by atoms with Crippen LogP contribution in [0, 0.1) is 11.2 Å². The van der Waals surface area contributed by atoms with E-state index in [4.69, 9.17) is 0 Å². The summed E-state index contributed by atoms with van der Waals surface area (Å²) in [5.41, 5.74) is -0.655. The minimum Gasteiger partial charge on any atom is -0.481 e. The normalized spacial score (nSPS) is 22.1. The first kappa shape index (κ1) is 15.9. The molecule has 1 N–H and O–H groups in total. The number of halogens is 2. The van der Waals surface area contributed by atoms with Crippen molar-refractivity contribution in [1.29, 1.82) is 0 Å². The van der Waals surface area contributed by atoms with E-state index >= 15 is 0 Å². The summed E-state index contributed by atoms with van der Waals surface area (Å²) in [5.74, 6) is -1.69. The Morgan fingerprint density at radius 1 is 1.43 bits per heavy atom. The zero-order valence-electron chi connectivity index (χ0n) is 11.7. The van der Waals surface area contributed by atoms with Gasteiger partial charge in [-0.3, -0.25) is 9.59 Å². The molecular weight excluding hydrogens is 341 g/mol. The third-order valence-electron chi connectivity index (χ3n) is 4.10. The van der Waals surface area contributed by atoms with Gasteiger partial charge in [-0.2, -0.15) is 0 Å². The van der Waals surface area contributed by atoms with Gasteiger partial charge < -0.3 is 10.0 Å². The highest BCUT2D eigenvalue weighted by atomic mass is 79.9. The number of nitrogens with zero attached hydrogens (tertiary/aromatic N) is 1. The fraction of sp³-hybridized carbons (Fsp3) is 0.467. The minimum absolute atomic E-state index is 0.172. The molecule has 1 aliphatic heterocycles. The third-order valence-corrected chi connectivity index (χ3v) is 4.56. The fourth-order valence-corrected chi connectivity index (χ4v) is 3.24. The van der Waals surface area contributed by atoms with Crippen LogP contribution in [0.25, 0.3) is 0 Å². The van der Waals surface area contributed by atoms with Crippen molar-refractivity contribution in [2.24, 2.45) is 5.41 Å². The number of likely N-dealkylation sites (tertiary alicyclic amines) is 1. The van der Waals surface area contributed by atoms with Gasteiger partial charge in [-0.25, -0.2) is 4.39 Å². The lowest BCUT2D eigenvalue weighted by Gasteiger charge is -2.39. The average Bonchev–Trinajstić information content (AvgIpc) is 2.45. The van der Waals surface area contributed by atoms with Crippen molar-refractivity contribution in [3.63, 3.8) is 0 Å². The predicted molar refractivity (Wildman–Crippen MR) is 79.6 cm³/mol. The van der Waals surface area contributed by atoms with E-state index in [1.54, 1.807) is 6.07 Å². The molecule has 21 heavy (non-hydrogen) atoms. The highest BCUT2D eigenvalue weighted by Crippen LogP contribution is 2.34. The van der Waals surface area contributed by atoms with E-state index < -0.39 is 17.2 Å². The Hall–Kier alpha value is -1.43. The summed E-state index contributed by atoms with van der Waals surface area (Å²) in [5, 5.41) is 9.44. The van der Waals surface area contributed by atoms with Crippen LogP contribution in [-0.4, -0.2) is 35.0 Å². The molecule has 1 heterocycles. The van der Waals surface area contributed by atoms with E-state index in [1.165, 1.54) is 17.0 Å². The molecule has 1 aromatic rings. The van der Waals surface area contributed by atoms with Gasteiger partial charge in [0.15, 0.2) is 0 Å². The maximum absolute atomic E-state index is 13.4. The second-order valence-corrected chi connectivity index (χ2v) is 6.34. The summed E-state index contributed by atoms with van der Waals surface area (Å²) >= 11 is 3.16. The smallest absolute Gasteiger partial charge is 0.311 e. The topological polar surface area (TPSA) is 57.6 Å². The summed E-state index contributed by atoms with van der Waals surface area (Å²) in [4.78, 5) is 25.5. The van der Waals surface area contributed by atoms with Crippen molar-refractivity contribution >= 4 is 27.8 Å². The van der Waals surface area contributed by atoms with Crippen molar-refractivity contribution < 1.29 is 19.1 Å². The van der Waals surface area contributed by atoms with Gasteiger partial charge in [0, 0.05) is 23.1 Å². The Morgan fingerprint density at radius 3 is 2.71 bits per heavy atom. The molecule has 1 aliphatic rings. The van der Waals surface area contributed by atoms with Crippen molar-refractivity contribution in [1.82, 2.24) is 4.90 Å². The Bertz CT molecular complexity index is 558. The predicted octanol–water partition coefficient (Wildman–Crippen LogP) is 3.31. The molecule has 0 aliphatic carbocycles. The molecular formula is C15H17BrFNO3. The van der Waals surface area contributed by atoms with Gasteiger partial charge >= 0.3 is 5.97 Å². The number of carboxylic acids is 1. The van der Waals surface area contributed by atoms with E-state index in [0.29, 0.717) is 30.3 Å².